The van der Waals surface area contributed by atoms with E-state index in [1.165, 1.54) is 29.7 Å². The number of carbonyl (C=O) groups is 1. The highest BCUT2D eigenvalue weighted by molar-refractivity contribution is 7.20. The van der Waals surface area contributed by atoms with E-state index in [2.05, 4.69) is 10.5 Å². The Labute approximate surface area is 202 Å². The molecular formula is C23H15Cl2N3O4S. The SMILES string of the molecule is O=C(N/N=C\c1ccc(OCc2ccc(Cl)cc2Cl)cc1)c1cc2cc([N+](=O)[O-])ccc2s1. The molecule has 166 valence electrons. The molecule has 1 aromatic heterocycles. The minimum absolute atomic E-state index is 0.0195. The van der Waals surface area contributed by atoms with Gasteiger partial charge in [0, 0.05) is 37.8 Å². The Hall–Kier alpha value is -3.46. The summed E-state index contributed by atoms with van der Waals surface area (Å²) >= 11 is 13.3. The normalized spacial score (nSPS) is 11.1. The van der Waals surface area contributed by atoms with Crippen molar-refractivity contribution in [2.24, 2.45) is 5.10 Å². The van der Waals surface area contributed by atoms with E-state index in [0.29, 0.717) is 32.7 Å². The van der Waals surface area contributed by atoms with Crippen LogP contribution >= 0.6 is 34.5 Å². The highest BCUT2D eigenvalue weighted by atomic mass is 35.5. The van der Waals surface area contributed by atoms with Crippen LogP contribution in [-0.4, -0.2) is 17.0 Å². The topological polar surface area (TPSA) is 93.8 Å². The number of non-ortho nitro benzene ring substituents is 1. The number of hydrogen-bond acceptors (Lipinski definition) is 6. The van der Waals surface area contributed by atoms with Crippen molar-refractivity contribution in [3.63, 3.8) is 0 Å². The van der Waals surface area contributed by atoms with Gasteiger partial charge >= 0.3 is 0 Å². The smallest absolute Gasteiger partial charge is 0.281 e. The molecule has 0 radical (unpaired) electrons. The number of nitrogens with zero attached hydrogens (tertiary/aromatic N) is 2. The van der Waals surface area contributed by atoms with Crippen LogP contribution in [0, 0.1) is 10.1 Å². The molecule has 0 unspecified atom stereocenters. The van der Waals surface area contributed by atoms with Crippen molar-refractivity contribution in [1.82, 2.24) is 5.43 Å². The Bertz CT molecular complexity index is 1370. The third kappa shape index (κ3) is 5.67. The first kappa shape index (κ1) is 22.7. The van der Waals surface area contributed by atoms with Gasteiger partial charge < -0.3 is 4.74 Å². The molecule has 4 rings (SSSR count). The van der Waals surface area contributed by atoms with Gasteiger partial charge in [-0.25, -0.2) is 5.43 Å². The predicted molar refractivity (Wildman–Crippen MR) is 131 cm³/mol. The number of ether oxygens (including phenoxy) is 1. The van der Waals surface area contributed by atoms with E-state index in [-0.39, 0.29) is 5.69 Å². The number of halogens is 2. The minimum atomic E-state index is -0.468. The van der Waals surface area contributed by atoms with Gasteiger partial charge in [-0.1, -0.05) is 29.3 Å². The third-order valence-electron chi connectivity index (χ3n) is 4.60. The number of thiophene rings is 1. The minimum Gasteiger partial charge on any atom is -0.489 e. The molecule has 0 aliphatic carbocycles. The van der Waals surface area contributed by atoms with E-state index in [9.17, 15) is 14.9 Å². The highest BCUT2D eigenvalue weighted by Gasteiger charge is 2.13. The Kier molecular flexibility index (Phi) is 6.88. The second kappa shape index (κ2) is 9.99. The van der Waals surface area contributed by atoms with Gasteiger partial charge in [0.15, 0.2) is 0 Å². The first-order valence-corrected chi connectivity index (χ1v) is 11.1. The number of hydrazone groups is 1. The third-order valence-corrected chi connectivity index (χ3v) is 6.31. The van der Waals surface area contributed by atoms with E-state index < -0.39 is 10.8 Å². The summed E-state index contributed by atoms with van der Waals surface area (Å²) in [6.45, 7) is 0.303. The zero-order valence-corrected chi connectivity index (χ0v) is 19.2. The second-order valence-electron chi connectivity index (χ2n) is 6.88. The first-order valence-electron chi connectivity index (χ1n) is 9.57. The zero-order chi connectivity index (χ0) is 23.4. The van der Waals surface area contributed by atoms with E-state index in [0.717, 1.165) is 15.8 Å². The Morgan fingerprint density at radius 1 is 1.09 bits per heavy atom. The summed E-state index contributed by atoms with van der Waals surface area (Å²) in [5.74, 6) is 0.261. The van der Waals surface area contributed by atoms with Crippen molar-refractivity contribution < 1.29 is 14.5 Å². The van der Waals surface area contributed by atoms with E-state index in [4.69, 9.17) is 27.9 Å². The number of nitro groups is 1. The monoisotopic (exact) mass is 499 g/mol. The number of rotatable bonds is 7. The standard InChI is InChI=1S/C23H15Cl2N3O4S/c24-17-4-3-15(20(25)11-17)13-32-19-6-1-14(2-7-19)12-26-27-23(29)22-10-16-9-18(28(30)31)5-8-21(16)33-22/h1-12H,13H2,(H,27,29)/b26-12-. The van der Waals surface area contributed by atoms with Crippen molar-refractivity contribution in [3.05, 3.63) is 103 Å². The molecule has 10 heteroatoms. The van der Waals surface area contributed by atoms with E-state index in [1.54, 1.807) is 48.5 Å². The molecule has 0 spiro atoms. The molecule has 0 aliphatic heterocycles. The lowest BCUT2D eigenvalue weighted by Crippen LogP contribution is -2.16. The van der Waals surface area contributed by atoms with Crippen LogP contribution in [0.25, 0.3) is 10.1 Å². The molecule has 33 heavy (non-hydrogen) atoms. The molecular weight excluding hydrogens is 485 g/mol. The Morgan fingerprint density at radius 2 is 1.88 bits per heavy atom. The van der Waals surface area contributed by atoms with Crippen LogP contribution in [0.15, 0.2) is 71.8 Å². The van der Waals surface area contributed by atoms with Gasteiger partial charge in [0.2, 0.25) is 0 Å². The van der Waals surface area contributed by atoms with Crippen LogP contribution in [0.4, 0.5) is 5.69 Å². The van der Waals surface area contributed by atoms with Gasteiger partial charge in [-0.05, 0) is 54.1 Å². The van der Waals surface area contributed by atoms with Crippen LogP contribution in [0.2, 0.25) is 10.0 Å². The fourth-order valence-electron chi connectivity index (χ4n) is 2.93. The number of fused-ring (bicyclic) bond motifs is 1. The summed E-state index contributed by atoms with van der Waals surface area (Å²) in [6, 6.07) is 18.5. The van der Waals surface area contributed by atoms with Crippen molar-refractivity contribution in [2.45, 2.75) is 6.61 Å². The van der Waals surface area contributed by atoms with Crippen molar-refractivity contribution >= 4 is 62.4 Å². The van der Waals surface area contributed by atoms with Gasteiger partial charge in [-0.2, -0.15) is 5.10 Å². The van der Waals surface area contributed by atoms with Gasteiger partial charge in [0.1, 0.15) is 12.4 Å². The number of hydrogen-bond donors (Lipinski definition) is 1. The van der Waals surface area contributed by atoms with Gasteiger partial charge in [0.05, 0.1) is 16.0 Å². The van der Waals surface area contributed by atoms with Crippen LogP contribution in [0.1, 0.15) is 20.8 Å². The summed E-state index contributed by atoms with van der Waals surface area (Å²) in [4.78, 5) is 23.2. The zero-order valence-electron chi connectivity index (χ0n) is 16.8. The van der Waals surface area contributed by atoms with E-state index >= 15 is 0 Å². The Morgan fingerprint density at radius 3 is 2.61 bits per heavy atom. The lowest BCUT2D eigenvalue weighted by atomic mass is 10.2. The molecule has 4 aromatic rings. The molecule has 0 saturated carbocycles. The summed E-state index contributed by atoms with van der Waals surface area (Å²) in [5.41, 5.74) is 4.04. The quantitative estimate of drug-likeness (QED) is 0.179. The van der Waals surface area contributed by atoms with Crippen LogP contribution in [-0.2, 0) is 6.61 Å². The number of nitro benzene ring substituents is 1. The number of amides is 1. The van der Waals surface area contributed by atoms with Crippen molar-refractivity contribution in [1.29, 1.82) is 0 Å². The molecule has 0 bridgehead atoms. The average molecular weight is 500 g/mol. The molecule has 1 heterocycles. The molecule has 0 aliphatic rings. The van der Waals surface area contributed by atoms with Gasteiger partial charge in [-0.3, -0.25) is 14.9 Å². The molecule has 7 nitrogen and oxygen atoms in total. The van der Waals surface area contributed by atoms with Gasteiger partial charge in [0.25, 0.3) is 11.6 Å². The summed E-state index contributed by atoms with van der Waals surface area (Å²) in [5, 5.41) is 16.6. The fraction of sp³-hybridized carbons (Fsp3) is 0.0435. The number of nitrogens with one attached hydrogen (secondary N) is 1. The van der Waals surface area contributed by atoms with Crippen LogP contribution < -0.4 is 10.2 Å². The van der Waals surface area contributed by atoms with Crippen molar-refractivity contribution in [2.75, 3.05) is 0 Å². The molecule has 0 saturated heterocycles. The van der Waals surface area contributed by atoms with Crippen LogP contribution in [0.3, 0.4) is 0 Å². The lowest BCUT2D eigenvalue weighted by Gasteiger charge is -2.08. The first-order chi connectivity index (χ1) is 15.9. The fourth-order valence-corrected chi connectivity index (χ4v) is 4.32. The van der Waals surface area contributed by atoms with Gasteiger partial charge in [-0.15, -0.1) is 11.3 Å². The maximum atomic E-state index is 12.4. The molecule has 3 aromatic carbocycles. The largest absolute Gasteiger partial charge is 0.489 e. The summed E-state index contributed by atoms with van der Waals surface area (Å²) < 4.78 is 6.52. The number of carbonyl (C=O) groups excluding carboxylic acids is 1. The second-order valence-corrected chi connectivity index (χ2v) is 8.81. The molecule has 1 N–H and O–H groups in total. The maximum absolute atomic E-state index is 12.4. The Balaban J connectivity index is 1.34. The molecule has 1 amide bonds. The molecule has 0 atom stereocenters. The predicted octanol–water partition coefficient (Wildman–Crippen LogP) is 6.46. The highest BCUT2D eigenvalue weighted by Crippen LogP contribution is 2.29. The van der Waals surface area contributed by atoms with Crippen LogP contribution in [0.5, 0.6) is 5.75 Å². The maximum Gasteiger partial charge on any atom is 0.281 e. The molecule has 0 fully saturated rings. The van der Waals surface area contributed by atoms with Crippen molar-refractivity contribution in [3.8, 4) is 5.75 Å². The number of benzene rings is 3. The lowest BCUT2D eigenvalue weighted by molar-refractivity contribution is -0.384. The summed E-state index contributed by atoms with van der Waals surface area (Å²) in [7, 11) is 0. The van der Waals surface area contributed by atoms with E-state index in [1.807, 2.05) is 6.07 Å². The summed E-state index contributed by atoms with van der Waals surface area (Å²) in [6.07, 6.45) is 1.51. The average Bonchev–Trinajstić information content (AvgIpc) is 3.23.